The molecule has 0 heterocycles. The van der Waals surface area contributed by atoms with Crippen LogP contribution in [0.25, 0.3) is 0 Å². The quantitative estimate of drug-likeness (QED) is 0.0272. The molecule has 10 nitrogen and oxygen atoms in total. The highest BCUT2D eigenvalue weighted by molar-refractivity contribution is 5.97. The van der Waals surface area contributed by atoms with Crippen molar-refractivity contribution in [2.75, 3.05) is 13.2 Å². The average molecular weight is 871 g/mol. The van der Waals surface area contributed by atoms with Crippen LogP contribution in [-0.2, 0) is 0 Å². The van der Waals surface area contributed by atoms with Crippen LogP contribution in [0.1, 0.15) is 158 Å². The summed E-state index contributed by atoms with van der Waals surface area (Å²) in [7, 11) is 0. The highest BCUT2D eigenvalue weighted by Gasteiger charge is 2.16. The Morgan fingerprint density at radius 2 is 0.578 bits per heavy atom. The van der Waals surface area contributed by atoms with Gasteiger partial charge in [0.1, 0.15) is 34.5 Å². The number of hydrogen-bond acceptors (Lipinski definition) is 10. The SMILES string of the molecule is CCCCCCCCCCOc1ccc(OC(=O)c2ccc(OC(=O)c3cccc(C(=O)Oc4ccc(C(=O)Oc5ccc(OCCCCCCCCCC)cc5)cc4)c3)cc2)cc1. The fourth-order valence-electron chi connectivity index (χ4n) is 6.81. The summed E-state index contributed by atoms with van der Waals surface area (Å²) in [5.74, 6) is 0.0286. The van der Waals surface area contributed by atoms with Gasteiger partial charge in [-0.2, -0.15) is 0 Å². The van der Waals surface area contributed by atoms with Gasteiger partial charge in [0.25, 0.3) is 0 Å². The van der Waals surface area contributed by atoms with Crippen LogP contribution in [-0.4, -0.2) is 37.1 Å². The summed E-state index contributed by atoms with van der Waals surface area (Å²) in [5, 5.41) is 0. The predicted molar refractivity (Wildman–Crippen MR) is 248 cm³/mol. The molecule has 5 aromatic rings. The number of hydrogen-bond donors (Lipinski definition) is 0. The molecule has 10 heteroatoms. The van der Waals surface area contributed by atoms with Gasteiger partial charge >= 0.3 is 23.9 Å². The third-order valence-electron chi connectivity index (χ3n) is 10.5. The van der Waals surface area contributed by atoms with Crippen molar-refractivity contribution in [1.29, 1.82) is 0 Å². The van der Waals surface area contributed by atoms with Gasteiger partial charge in [0.05, 0.1) is 35.5 Å². The first-order valence-electron chi connectivity index (χ1n) is 23.0. The Labute approximate surface area is 378 Å². The summed E-state index contributed by atoms with van der Waals surface area (Å²) >= 11 is 0. The molecular weight excluding hydrogens is 809 g/mol. The number of benzene rings is 5. The van der Waals surface area contributed by atoms with Crippen LogP contribution in [0.5, 0.6) is 34.5 Å². The maximum absolute atomic E-state index is 13.0. The Morgan fingerprint density at radius 1 is 0.312 bits per heavy atom. The second kappa shape index (κ2) is 27.6. The van der Waals surface area contributed by atoms with Crippen molar-refractivity contribution in [3.05, 3.63) is 144 Å². The van der Waals surface area contributed by atoms with Crippen molar-refractivity contribution < 1.29 is 47.6 Å². The summed E-state index contributed by atoms with van der Waals surface area (Å²) in [4.78, 5) is 51.6. The molecule has 0 aliphatic rings. The zero-order chi connectivity index (χ0) is 45.2. The molecule has 0 saturated carbocycles. The van der Waals surface area contributed by atoms with E-state index in [4.69, 9.17) is 28.4 Å². The topological polar surface area (TPSA) is 124 Å². The largest absolute Gasteiger partial charge is 0.494 e. The first-order chi connectivity index (χ1) is 31.3. The molecule has 5 rings (SSSR count). The minimum Gasteiger partial charge on any atom is -0.494 e. The monoisotopic (exact) mass is 870 g/mol. The van der Waals surface area contributed by atoms with Gasteiger partial charge in [0.2, 0.25) is 0 Å². The normalized spacial score (nSPS) is 10.8. The number of unbranched alkanes of at least 4 members (excludes halogenated alkanes) is 14. The lowest BCUT2D eigenvalue weighted by Gasteiger charge is -2.09. The number of carbonyl (C=O) groups excluding carboxylic acids is 4. The average Bonchev–Trinajstić information content (AvgIpc) is 3.32. The van der Waals surface area contributed by atoms with Gasteiger partial charge < -0.3 is 28.4 Å². The first kappa shape index (κ1) is 48.6. The molecule has 0 amide bonds. The van der Waals surface area contributed by atoms with E-state index in [2.05, 4.69) is 13.8 Å². The molecule has 0 atom stereocenters. The van der Waals surface area contributed by atoms with Gasteiger partial charge in [-0.3, -0.25) is 0 Å². The van der Waals surface area contributed by atoms with E-state index in [0.29, 0.717) is 24.7 Å². The third kappa shape index (κ3) is 17.4. The summed E-state index contributed by atoms with van der Waals surface area (Å²) < 4.78 is 33.7. The van der Waals surface area contributed by atoms with Crippen LogP contribution in [0.15, 0.2) is 121 Å². The molecule has 0 aliphatic carbocycles. The van der Waals surface area contributed by atoms with Crippen molar-refractivity contribution >= 4 is 23.9 Å². The van der Waals surface area contributed by atoms with Crippen LogP contribution in [0.3, 0.4) is 0 Å². The summed E-state index contributed by atoms with van der Waals surface area (Å²) in [5.41, 5.74) is 0.766. The zero-order valence-electron chi connectivity index (χ0n) is 37.4. The van der Waals surface area contributed by atoms with Crippen LogP contribution < -0.4 is 28.4 Å². The van der Waals surface area contributed by atoms with Gasteiger partial charge in [-0.05, 0) is 128 Å². The van der Waals surface area contributed by atoms with Crippen LogP contribution in [0.2, 0.25) is 0 Å². The van der Waals surface area contributed by atoms with E-state index in [0.717, 1.165) is 37.2 Å². The highest BCUT2D eigenvalue weighted by Crippen LogP contribution is 2.23. The number of ether oxygens (including phenoxy) is 6. The molecule has 0 fully saturated rings. The van der Waals surface area contributed by atoms with Crippen LogP contribution >= 0.6 is 0 Å². The predicted octanol–water partition coefficient (Wildman–Crippen LogP) is 13.6. The third-order valence-corrected chi connectivity index (χ3v) is 10.5. The van der Waals surface area contributed by atoms with Crippen molar-refractivity contribution in [3.63, 3.8) is 0 Å². The number of rotatable bonds is 28. The summed E-state index contributed by atoms with van der Waals surface area (Å²) in [6.45, 7) is 5.75. The van der Waals surface area contributed by atoms with Crippen molar-refractivity contribution in [2.24, 2.45) is 0 Å². The fraction of sp³-hybridized carbons (Fsp3) is 0.370. The van der Waals surface area contributed by atoms with E-state index in [1.807, 2.05) is 0 Å². The van der Waals surface area contributed by atoms with Gasteiger partial charge in [0, 0.05) is 0 Å². The maximum Gasteiger partial charge on any atom is 0.343 e. The van der Waals surface area contributed by atoms with Crippen LogP contribution in [0, 0.1) is 0 Å². The van der Waals surface area contributed by atoms with Gasteiger partial charge in [-0.15, -0.1) is 0 Å². The minimum atomic E-state index is -0.710. The molecule has 0 N–H and O–H groups in total. The van der Waals surface area contributed by atoms with Crippen LogP contribution in [0.4, 0.5) is 0 Å². The molecular formula is C54H62O10. The summed E-state index contributed by atoms with van der Waals surface area (Å²) in [6, 6.07) is 31.7. The standard InChI is InChI=1S/C54H62O10/c1-3-5-7-9-11-13-15-17-38-59-45-30-34-49(35-31-45)61-51(55)41-22-26-47(27-23-41)63-53(57)43-20-19-21-44(40-43)54(58)64-48-28-24-42(25-29-48)52(56)62-50-36-32-46(33-37-50)60-39-18-16-14-12-10-8-6-4-2/h19-37,40H,3-18,38-39H2,1-2H3. The minimum absolute atomic E-state index is 0.115. The first-order valence-corrected chi connectivity index (χ1v) is 23.0. The second-order valence-corrected chi connectivity index (χ2v) is 15.8. The number of carbonyl (C=O) groups is 4. The van der Waals surface area contributed by atoms with E-state index in [1.54, 1.807) is 48.5 Å². The Kier molecular flexibility index (Phi) is 21.0. The second-order valence-electron chi connectivity index (χ2n) is 15.8. The Morgan fingerprint density at radius 3 is 0.906 bits per heavy atom. The molecule has 0 unspecified atom stereocenters. The van der Waals surface area contributed by atoms with E-state index < -0.39 is 23.9 Å². The molecule has 0 aromatic heterocycles. The molecule has 0 radical (unpaired) electrons. The van der Waals surface area contributed by atoms with Crippen molar-refractivity contribution in [1.82, 2.24) is 0 Å². The maximum atomic E-state index is 13.0. The molecule has 0 aliphatic heterocycles. The van der Waals surface area contributed by atoms with E-state index in [-0.39, 0.29) is 33.8 Å². The lowest BCUT2D eigenvalue weighted by molar-refractivity contribution is 0.0722. The lowest BCUT2D eigenvalue weighted by atomic mass is 10.1. The van der Waals surface area contributed by atoms with E-state index >= 15 is 0 Å². The molecule has 0 saturated heterocycles. The number of esters is 4. The molecule has 5 aromatic carbocycles. The molecule has 64 heavy (non-hydrogen) atoms. The Bertz CT molecular complexity index is 2010. The Balaban J connectivity index is 1.01. The van der Waals surface area contributed by atoms with Gasteiger partial charge in [-0.25, -0.2) is 19.2 Å². The van der Waals surface area contributed by atoms with E-state index in [1.165, 1.54) is 150 Å². The Hall–Kier alpha value is -6.42. The van der Waals surface area contributed by atoms with Gasteiger partial charge in [0.15, 0.2) is 0 Å². The smallest absolute Gasteiger partial charge is 0.343 e. The molecule has 338 valence electrons. The highest BCUT2D eigenvalue weighted by atomic mass is 16.5. The van der Waals surface area contributed by atoms with E-state index in [9.17, 15) is 19.2 Å². The molecule has 0 bridgehead atoms. The fourth-order valence-corrected chi connectivity index (χ4v) is 6.81. The van der Waals surface area contributed by atoms with Gasteiger partial charge in [-0.1, -0.05) is 110 Å². The van der Waals surface area contributed by atoms with Crippen molar-refractivity contribution in [2.45, 2.75) is 117 Å². The zero-order valence-corrected chi connectivity index (χ0v) is 37.4. The summed E-state index contributed by atoms with van der Waals surface area (Å²) in [6.07, 6.45) is 19.7. The lowest BCUT2D eigenvalue weighted by Crippen LogP contribution is -2.13. The van der Waals surface area contributed by atoms with Crippen molar-refractivity contribution in [3.8, 4) is 34.5 Å². The molecule has 0 spiro atoms.